The minimum atomic E-state index is -2.18. The molecule has 0 aliphatic heterocycles. The van der Waals surface area contributed by atoms with Crippen LogP contribution in [0.25, 0.3) is 0 Å². The van der Waals surface area contributed by atoms with Crippen molar-refractivity contribution in [1.82, 2.24) is 0 Å². The Morgan fingerprint density at radius 3 is 1.47 bits per heavy atom. The van der Waals surface area contributed by atoms with Crippen LogP contribution < -0.4 is 0 Å². The second kappa shape index (κ2) is 5.30. The fraction of sp³-hybridized carbons (Fsp3) is 0.200. The summed E-state index contributed by atoms with van der Waals surface area (Å²) in [7, 11) is -2.18. The fourth-order valence-corrected chi connectivity index (χ4v) is 4.49. The average Bonchev–Trinajstić information content (AvgIpc) is 2.30. The lowest BCUT2D eigenvalue weighted by Crippen LogP contribution is -2.37. The van der Waals surface area contributed by atoms with E-state index in [1.165, 1.54) is 11.1 Å². The molecule has 0 aliphatic rings. The molecule has 0 aromatic heterocycles. The zero-order chi connectivity index (χ0) is 12.1. The molecule has 0 spiro atoms. The van der Waals surface area contributed by atoms with Crippen LogP contribution in [0.5, 0.6) is 0 Å². The van der Waals surface area contributed by atoms with E-state index in [2.05, 4.69) is 24.3 Å². The van der Waals surface area contributed by atoms with Crippen molar-refractivity contribution in [2.75, 3.05) is 0 Å². The predicted octanol–water partition coefficient (Wildman–Crippen LogP) is 3.12. The lowest BCUT2D eigenvalue weighted by Gasteiger charge is -2.20. The van der Waals surface area contributed by atoms with Crippen molar-refractivity contribution in [2.45, 2.75) is 18.6 Å². The normalized spacial score (nSPS) is 11.4. The summed E-state index contributed by atoms with van der Waals surface area (Å²) in [6, 6.07) is 22.1. The Balaban J connectivity index is 2.04. The summed E-state index contributed by atoms with van der Waals surface area (Å²) in [5.41, 5.74) is 2.47. The van der Waals surface area contributed by atoms with Crippen LogP contribution >= 0.6 is 0 Å². The summed E-state index contributed by atoms with van der Waals surface area (Å²) < 4.78 is 0. The highest BCUT2D eigenvalue weighted by Gasteiger charge is 2.25. The highest BCUT2D eigenvalue weighted by Crippen LogP contribution is 2.14. The van der Waals surface area contributed by atoms with Crippen molar-refractivity contribution in [3.63, 3.8) is 0 Å². The maximum absolute atomic E-state index is 10.6. The molecule has 0 unspecified atom stereocenters. The molecule has 0 aliphatic carbocycles. The second-order valence-electron chi connectivity index (χ2n) is 4.82. The van der Waals surface area contributed by atoms with Gasteiger partial charge in [0.2, 0.25) is 0 Å². The topological polar surface area (TPSA) is 20.2 Å². The van der Waals surface area contributed by atoms with Crippen molar-refractivity contribution in [3.05, 3.63) is 71.8 Å². The summed E-state index contributed by atoms with van der Waals surface area (Å²) in [6.45, 7) is 2.03. The van der Waals surface area contributed by atoms with E-state index in [-0.39, 0.29) is 0 Å². The SMILES string of the molecule is C[Si](O)(Cc1ccccc1)Cc1ccccc1. The van der Waals surface area contributed by atoms with Crippen molar-refractivity contribution >= 4 is 8.32 Å². The molecule has 0 fully saturated rings. The van der Waals surface area contributed by atoms with E-state index in [9.17, 15) is 4.80 Å². The van der Waals surface area contributed by atoms with Crippen LogP contribution in [0.4, 0.5) is 0 Å². The van der Waals surface area contributed by atoms with Crippen LogP contribution in [0.3, 0.4) is 0 Å². The molecule has 0 heterocycles. The molecule has 0 bridgehead atoms. The number of hydrogen-bond acceptors (Lipinski definition) is 1. The second-order valence-corrected chi connectivity index (χ2v) is 8.52. The van der Waals surface area contributed by atoms with Gasteiger partial charge in [0, 0.05) is 0 Å². The summed E-state index contributed by atoms with van der Waals surface area (Å²) in [6.07, 6.45) is 0. The Morgan fingerprint density at radius 2 is 1.12 bits per heavy atom. The van der Waals surface area contributed by atoms with Gasteiger partial charge in [-0.25, -0.2) is 0 Å². The number of rotatable bonds is 4. The summed E-state index contributed by atoms with van der Waals surface area (Å²) >= 11 is 0. The largest absolute Gasteiger partial charge is 0.431 e. The molecule has 0 atom stereocenters. The monoisotopic (exact) mass is 242 g/mol. The molecule has 2 rings (SSSR count). The first-order chi connectivity index (χ1) is 8.16. The van der Waals surface area contributed by atoms with Crippen LogP contribution in [-0.2, 0) is 12.1 Å². The van der Waals surface area contributed by atoms with Gasteiger partial charge in [0.25, 0.3) is 0 Å². The zero-order valence-corrected chi connectivity index (χ0v) is 11.1. The third kappa shape index (κ3) is 3.84. The Hall–Kier alpha value is -1.38. The maximum atomic E-state index is 10.6. The first-order valence-electron chi connectivity index (χ1n) is 5.96. The lowest BCUT2D eigenvalue weighted by atomic mass is 10.2. The minimum absolute atomic E-state index is 0.822. The third-order valence-electron chi connectivity index (χ3n) is 2.86. The average molecular weight is 242 g/mol. The summed E-state index contributed by atoms with van der Waals surface area (Å²) in [5.74, 6) is 0. The first-order valence-corrected chi connectivity index (χ1v) is 8.82. The molecule has 2 aromatic carbocycles. The van der Waals surface area contributed by atoms with Gasteiger partial charge in [-0.3, -0.25) is 0 Å². The molecule has 0 amide bonds. The van der Waals surface area contributed by atoms with E-state index in [0.29, 0.717) is 0 Å². The van der Waals surface area contributed by atoms with Crippen molar-refractivity contribution in [1.29, 1.82) is 0 Å². The third-order valence-corrected chi connectivity index (χ3v) is 5.20. The van der Waals surface area contributed by atoms with E-state index >= 15 is 0 Å². The molecular formula is C15H18OSi. The standard InChI is InChI=1S/C15H18OSi/c1-17(16,12-14-8-4-2-5-9-14)13-15-10-6-3-7-11-15/h2-11,16H,12-13H2,1H3. The van der Waals surface area contributed by atoms with Gasteiger partial charge in [-0.2, -0.15) is 0 Å². The molecule has 0 saturated heterocycles. The smallest absolute Gasteiger partial charge is 0.194 e. The van der Waals surface area contributed by atoms with Crippen molar-refractivity contribution < 1.29 is 4.80 Å². The molecule has 17 heavy (non-hydrogen) atoms. The van der Waals surface area contributed by atoms with E-state index in [4.69, 9.17) is 0 Å². The first kappa shape index (κ1) is 12.1. The van der Waals surface area contributed by atoms with E-state index < -0.39 is 8.32 Å². The summed E-state index contributed by atoms with van der Waals surface area (Å²) in [4.78, 5) is 10.6. The van der Waals surface area contributed by atoms with Crippen molar-refractivity contribution in [3.8, 4) is 0 Å². The lowest BCUT2D eigenvalue weighted by molar-refractivity contribution is 0.536. The van der Waals surface area contributed by atoms with E-state index in [0.717, 1.165) is 12.1 Å². The predicted molar refractivity (Wildman–Crippen MR) is 74.1 cm³/mol. The summed E-state index contributed by atoms with van der Waals surface area (Å²) in [5, 5.41) is 0. The van der Waals surface area contributed by atoms with Crippen LogP contribution in [0.2, 0.25) is 6.55 Å². The molecule has 0 radical (unpaired) electrons. The van der Waals surface area contributed by atoms with Gasteiger partial charge < -0.3 is 4.80 Å². The number of hydrogen-bond donors (Lipinski definition) is 1. The highest BCUT2D eigenvalue weighted by molar-refractivity contribution is 6.70. The molecule has 2 aromatic rings. The van der Waals surface area contributed by atoms with Gasteiger partial charge >= 0.3 is 0 Å². The van der Waals surface area contributed by atoms with Crippen LogP contribution in [0, 0.1) is 0 Å². The molecule has 1 nitrogen and oxygen atoms in total. The Labute approximate surface area is 104 Å². The van der Waals surface area contributed by atoms with Crippen LogP contribution in [-0.4, -0.2) is 13.1 Å². The van der Waals surface area contributed by atoms with Gasteiger partial charge in [0.1, 0.15) is 0 Å². The van der Waals surface area contributed by atoms with E-state index in [1.807, 2.05) is 42.9 Å². The number of benzene rings is 2. The van der Waals surface area contributed by atoms with Gasteiger partial charge in [0.15, 0.2) is 8.32 Å². The van der Waals surface area contributed by atoms with Gasteiger partial charge in [-0.05, 0) is 29.8 Å². The quantitative estimate of drug-likeness (QED) is 0.817. The van der Waals surface area contributed by atoms with Crippen LogP contribution in [0.1, 0.15) is 11.1 Å². The van der Waals surface area contributed by atoms with Gasteiger partial charge in [-0.1, -0.05) is 60.7 Å². The molecule has 2 heteroatoms. The molecule has 0 saturated carbocycles. The van der Waals surface area contributed by atoms with E-state index in [1.54, 1.807) is 0 Å². The van der Waals surface area contributed by atoms with Gasteiger partial charge in [-0.15, -0.1) is 0 Å². The highest BCUT2D eigenvalue weighted by atomic mass is 28.4. The Kier molecular flexibility index (Phi) is 3.77. The Morgan fingerprint density at radius 1 is 0.765 bits per heavy atom. The molecule has 1 N–H and O–H groups in total. The molecular weight excluding hydrogens is 224 g/mol. The minimum Gasteiger partial charge on any atom is -0.431 e. The van der Waals surface area contributed by atoms with Crippen LogP contribution in [0.15, 0.2) is 60.7 Å². The maximum Gasteiger partial charge on any atom is 0.194 e. The fourth-order valence-electron chi connectivity index (χ4n) is 2.13. The van der Waals surface area contributed by atoms with Gasteiger partial charge in [0.05, 0.1) is 0 Å². The Bertz CT molecular complexity index is 407. The zero-order valence-electron chi connectivity index (χ0n) is 10.1. The molecule has 88 valence electrons. The van der Waals surface area contributed by atoms with Crippen molar-refractivity contribution in [2.24, 2.45) is 0 Å².